The highest BCUT2D eigenvalue weighted by atomic mass is 16.5. The summed E-state index contributed by atoms with van der Waals surface area (Å²) in [7, 11) is 0. The van der Waals surface area contributed by atoms with E-state index in [1.54, 1.807) is 24.3 Å². The van der Waals surface area contributed by atoms with E-state index in [9.17, 15) is 14.4 Å². The van der Waals surface area contributed by atoms with Crippen molar-refractivity contribution < 1.29 is 29.3 Å². The van der Waals surface area contributed by atoms with Crippen molar-refractivity contribution in [3.05, 3.63) is 29.8 Å². The van der Waals surface area contributed by atoms with Gasteiger partial charge in [0.1, 0.15) is 17.8 Å². The second-order valence-electron chi connectivity index (χ2n) is 10.8. The van der Waals surface area contributed by atoms with Crippen LogP contribution in [0.3, 0.4) is 0 Å². The van der Waals surface area contributed by atoms with E-state index in [0.29, 0.717) is 24.5 Å². The molecule has 6 N–H and O–H groups in total. The Kier molecular flexibility index (Phi) is 22.0. The maximum absolute atomic E-state index is 11.9. The van der Waals surface area contributed by atoms with Gasteiger partial charge in [0.25, 0.3) is 0 Å². The minimum absolute atomic E-state index is 0.215. The smallest absolute Gasteiger partial charge is 0.320 e. The Morgan fingerprint density at radius 3 is 1.54 bits per heavy atom. The van der Waals surface area contributed by atoms with Gasteiger partial charge in [0, 0.05) is 6.42 Å². The summed E-state index contributed by atoms with van der Waals surface area (Å²) in [6.45, 7) is 6.15. The minimum atomic E-state index is -1.02. The molecule has 8 heteroatoms. The van der Waals surface area contributed by atoms with Crippen LogP contribution in [0, 0.1) is 5.92 Å². The van der Waals surface area contributed by atoms with Gasteiger partial charge in [-0.15, -0.1) is 0 Å². The predicted octanol–water partition coefficient (Wildman–Crippen LogP) is 6.47. The summed E-state index contributed by atoms with van der Waals surface area (Å²) < 4.78 is 5.34. The van der Waals surface area contributed by atoms with Crippen molar-refractivity contribution in [2.45, 2.75) is 136 Å². The van der Waals surface area contributed by atoms with Crippen LogP contribution in [0.25, 0.3) is 0 Å². The molecule has 0 fully saturated rings. The quantitative estimate of drug-likeness (QED) is 0.0771. The molecule has 0 aromatic heterocycles. The van der Waals surface area contributed by atoms with Gasteiger partial charge in [0.05, 0.1) is 0 Å². The Hall–Kier alpha value is -2.45. The summed E-state index contributed by atoms with van der Waals surface area (Å²) in [5.41, 5.74) is 11.5. The van der Waals surface area contributed by atoms with E-state index in [1.165, 1.54) is 70.6 Å². The zero-order chi connectivity index (χ0) is 29.5. The maximum Gasteiger partial charge on any atom is 0.320 e. The van der Waals surface area contributed by atoms with Gasteiger partial charge in [-0.3, -0.25) is 14.4 Å². The lowest BCUT2D eigenvalue weighted by molar-refractivity contribution is -0.139. The van der Waals surface area contributed by atoms with Gasteiger partial charge in [-0.05, 0) is 42.9 Å². The number of carbonyl (C=O) groups excluding carboxylic acids is 1. The number of nitrogens with two attached hydrogens (primary N) is 2. The fourth-order valence-electron chi connectivity index (χ4n) is 4.11. The summed E-state index contributed by atoms with van der Waals surface area (Å²) in [6, 6.07) is 5.25. The number of carboxylic acid groups (broad SMARTS) is 2. The number of benzene rings is 1. The van der Waals surface area contributed by atoms with Crippen molar-refractivity contribution in [2.75, 3.05) is 0 Å². The Bertz CT molecular complexity index is 782. The third kappa shape index (κ3) is 22.1. The normalized spacial score (nSPS) is 12.4. The topological polar surface area (TPSA) is 153 Å². The molecule has 1 aromatic carbocycles. The Labute approximate surface area is 235 Å². The molecule has 0 saturated heterocycles. The fraction of sp³-hybridized carbons (Fsp3) is 0.710. The van der Waals surface area contributed by atoms with Crippen LogP contribution in [0.2, 0.25) is 0 Å². The third-order valence-electron chi connectivity index (χ3n) is 6.45. The number of carboxylic acids is 2. The van der Waals surface area contributed by atoms with E-state index in [2.05, 4.69) is 6.92 Å². The third-order valence-corrected chi connectivity index (χ3v) is 6.45. The van der Waals surface area contributed by atoms with Crippen LogP contribution in [0.1, 0.15) is 123 Å². The van der Waals surface area contributed by atoms with Crippen molar-refractivity contribution in [1.82, 2.24) is 0 Å². The molecule has 1 aromatic rings. The van der Waals surface area contributed by atoms with Gasteiger partial charge in [0.2, 0.25) is 0 Å². The van der Waals surface area contributed by atoms with E-state index in [1.807, 2.05) is 13.8 Å². The molecule has 0 unspecified atom stereocenters. The lowest BCUT2D eigenvalue weighted by Crippen LogP contribution is -2.32. The highest BCUT2D eigenvalue weighted by Crippen LogP contribution is 2.16. The number of esters is 1. The minimum Gasteiger partial charge on any atom is -0.480 e. The molecule has 0 aliphatic heterocycles. The molecular weight excluding hydrogens is 496 g/mol. The van der Waals surface area contributed by atoms with Gasteiger partial charge < -0.3 is 26.4 Å². The number of ether oxygens (including phenoxy) is 1. The average molecular weight is 551 g/mol. The average Bonchev–Trinajstić information content (AvgIpc) is 2.87. The van der Waals surface area contributed by atoms with Crippen LogP contribution < -0.4 is 16.2 Å². The molecule has 0 heterocycles. The Balaban J connectivity index is 0.00000137. The summed E-state index contributed by atoms with van der Waals surface area (Å²) in [4.78, 5) is 32.8. The lowest BCUT2D eigenvalue weighted by atomic mass is 10.0. The molecule has 8 nitrogen and oxygen atoms in total. The first kappa shape index (κ1) is 36.5. The van der Waals surface area contributed by atoms with E-state index in [-0.39, 0.29) is 12.4 Å². The number of unbranched alkanes of at least 4 members (excludes halogenated alkanes) is 12. The zero-order valence-corrected chi connectivity index (χ0v) is 24.5. The molecule has 2 atom stereocenters. The molecule has 0 radical (unpaired) electrons. The van der Waals surface area contributed by atoms with Gasteiger partial charge in [-0.1, -0.05) is 110 Å². The number of aliphatic carboxylic acids is 2. The molecule has 0 aliphatic carbocycles. The van der Waals surface area contributed by atoms with Gasteiger partial charge in [-0.2, -0.15) is 0 Å². The standard InChI is InChI=1S/C25H41NO4.C6H13NO2/c1-2-3-4-5-6-7-8-9-10-11-12-13-14-15-24(27)30-22-18-16-21(17-19-22)20-23(26)25(28)29;1-4(2)3-5(7)6(8)9/h16-19,23H,2-15,20,26H2,1H3,(H,28,29);4-5H,3,7H2,1-2H3,(H,8,9)/t23-;5-/m00/s1. The van der Waals surface area contributed by atoms with Gasteiger partial charge in [0.15, 0.2) is 0 Å². The SMILES string of the molecule is CC(C)C[C@H](N)C(=O)O.CCCCCCCCCCCCCCCC(=O)Oc1ccc(C[C@H](N)C(=O)O)cc1. The van der Waals surface area contributed by atoms with Crippen LogP contribution in [0.4, 0.5) is 0 Å². The molecule has 0 aliphatic rings. The van der Waals surface area contributed by atoms with Crippen LogP contribution >= 0.6 is 0 Å². The van der Waals surface area contributed by atoms with E-state index >= 15 is 0 Å². The zero-order valence-electron chi connectivity index (χ0n) is 24.5. The first-order chi connectivity index (χ1) is 18.6. The van der Waals surface area contributed by atoms with Crippen molar-refractivity contribution in [3.63, 3.8) is 0 Å². The number of hydrogen-bond donors (Lipinski definition) is 4. The van der Waals surface area contributed by atoms with Crippen LogP contribution in [0.5, 0.6) is 5.75 Å². The highest BCUT2D eigenvalue weighted by molar-refractivity contribution is 5.74. The molecule has 39 heavy (non-hydrogen) atoms. The van der Waals surface area contributed by atoms with Gasteiger partial charge in [-0.25, -0.2) is 0 Å². The second-order valence-corrected chi connectivity index (χ2v) is 10.8. The largest absolute Gasteiger partial charge is 0.480 e. The lowest BCUT2D eigenvalue weighted by Gasteiger charge is -2.08. The van der Waals surface area contributed by atoms with Crippen molar-refractivity contribution in [2.24, 2.45) is 17.4 Å². The summed E-state index contributed by atoms with van der Waals surface area (Å²) in [5.74, 6) is -1.31. The van der Waals surface area contributed by atoms with Crippen molar-refractivity contribution in [3.8, 4) is 5.75 Å². The van der Waals surface area contributed by atoms with Crippen LogP contribution in [0.15, 0.2) is 24.3 Å². The molecule has 224 valence electrons. The number of carbonyl (C=O) groups is 3. The fourth-order valence-corrected chi connectivity index (χ4v) is 4.11. The first-order valence-electron chi connectivity index (χ1n) is 14.8. The molecule has 0 amide bonds. The van der Waals surface area contributed by atoms with Crippen LogP contribution in [-0.4, -0.2) is 40.2 Å². The summed E-state index contributed by atoms with van der Waals surface area (Å²) in [5, 5.41) is 17.1. The molecular formula is C31H54N2O6. The van der Waals surface area contributed by atoms with Crippen molar-refractivity contribution >= 4 is 17.9 Å². The van der Waals surface area contributed by atoms with Crippen LogP contribution in [-0.2, 0) is 20.8 Å². The first-order valence-corrected chi connectivity index (χ1v) is 14.8. The summed E-state index contributed by atoms with van der Waals surface area (Å²) in [6.07, 6.45) is 17.9. The molecule has 0 spiro atoms. The highest BCUT2D eigenvalue weighted by Gasteiger charge is 2.13. The molecule has 0 saturated carbocycles. The van der Waals surface area contributed by atoms with E-state index < -0.39 is 24.0 Å². The van der Waals surface area contributed by atoms with E-state index in [4.69, 9.17) is 26.4 Å². The predicted molar refractivity (Wildman–Crippen MR) is 157 cm³/mol. The maximum atomic E-state index is 11.9. The van der Waals surface area contributed by atoms with Crippen molar-refractivity contribution in [1.29, 1.82) is 0 Å². The van der Waals surface area contributed by atoms with E-state index in [0.717, 1.165) is 18.4 Å². The Morgan fingerprint density at radius 2 is 1.15 bits per heavy atom. The molecule has 0 bridgehead atoms. The number of hydrogen-bond acceptors (Lipinski definition) is 6. The monoisotopic (exact) mass is 550 g/mol. The summed E-state index contributed by atoms with van der Waals surface area (Å²) >= 11 is 0. The second kappa shape index (κ2) is 23.4. The Morgan fingerprint density at radius 1 is 0.718 bits per heavy atom. The van der Waals surface area contributed by atoms with Gasteiger partial charge >= 0.3 is 17.9 Å². The number of rotatable bonds is 21. The molecule has 1 rings (SSSR count).